The third-order valence-electron chi connectivity index (χ3n) is 5.14. The molecular weight excluding hydrogens is 372 g/mol. The Morgan fingerprint density at radius 1 is 1.15 bits per heavy atom. The number of carbonyl (C=O) groups is 1. The average Bonchev–Trinajstić information content (AvgIpc) is 3.12. The predicted octanol–water partition coefficient (Wildman–Crippen LogP) is 3.67. The van der Waals surface area contributed by atoms with E-state index in [1.54, 1.807) is 24.3 Å². The summed E-state index contributed by atoms with van der Waals surface area (Å²) in [7, 11) is -3.72. The van der Waals surface area contributed by atoms with Crippen molar-refractivity contribution in [3.05, 3.63) is 58.6 Å². The van der Waals surface area contributed by atoms with Crippen molar-refractivity contribution in [2.75, 3.05) is 5.32 Å². The van der Waals surface area contributed by atoms with E-state index in [9.17, 15) is 13.2 Å². The van der Waals surface area contributed by atoms with E-state index in [2.05, 4.69) is 5.32 Å². The highest BCUT2D eigenvalue weighted by atomic mass is 35.5. The van der Waals surface area contributed by atoms with E-state index in [0.717, 1.165) is 11.1 Å². The lowest BCUT2D eigenvalue weighted by atomic mass is 10.0. The van der Waals surface area contributed by atoms with Gasteiger partial charge in [-0.2, -0.15) is 0 Å². The van der Waals surface area contributed by atoms with Crippen LogP contribution in [0.2, 0.25) is 5.02 Å². The van der Waals surface area contributed by atoms with Crippen LogP contribution in [-0.2, 0) is 14.8 Å². The Hall–Kier alpha value is -1.89. The molecule has 1 aliphatic rings. The Labute approximate surface area is 158 Å². The summed E-state index contributed by atoms with van der Waals surface area (Å²) in [6.45, 7) is 5.97. The summed E-state index contributed by atoms with van der Waals surface area (Å²) in [4.78, 5) is 12.9. The summed E-state index contributed by atoms with van der Waals surface area (Å²) in [6.07, 6.45) is 0. The summed E-state index contributed by atoms with van der Waals surface area (Å²) in [5, 5.41) is 8.67. The van der Waals surface area contributed by atoms with Crippen LogP contribution in [0.3, 0.4) is 0 Å². The molecule has 2 atom stereocenters. The lowest BCUT2D eigenvalue weighted by molar-refractivity contribution is -0.118. The van der Waals surface area contributed by atoms with E-state index in [0.29, 0.717) is 10.7 Å². The van der Waals surface area contributed by atoms with Crippen LogP contribution in [0.5, 0.6) is 0 Å². The minimum absolute atomic E-state index is 0.0107. The molecule has 3 N–H and O–H groups in total. The van der Waals surface area contributed by atoms with Crippen LogP contribution in [0.15, 0.2) is 47.4 Å². The maximum Gasteiger partial charge on any atom is 0.238 e. The first kappa shape index (κ1) is 18.9. The van der Waals surface area contributed by atoms with Gasteiger partial charge in [0.25, 0.3) is 0 Å². The van der Waals surface area contributed by atoms with Crippen LogP contribution < -0.4 is 10.5 Å². The molecule has 1 aliphatic carbocycles. The fourth-order valence-corrected chi connectivity index (χ4v) is 4.24. The highest BCUT2D eigenvalue weighted by Crippen LogP contribution is 2.64. The SMILES string of the molecule is Cc1ccc(Cl)cc1NC(=O)C1C(c2ccc(S(N)(=O)=O)cc2)C1(C)C. The Bertz CT molecular complexity index is 969. The van der Waals surface area contributed by atoms with Crippen LogP contribution in [0, 0.1) is 18.3 Å². The highest BCUT2D eigenvalue weighted by molar-refractivity contribution is 7.89. The third-order valence-corrected chi connectivity index (χ3v) is 6.30. The molecule has 0 bridgehead atoms. The van der Waals surface area contributed by atoms with Gasteiger partial charge >= 0.3 is 0 Å². The zero-order valence-corrected chi connectivity index (χ0v) is 16.4. The number of nitrogens with one attached hydrogen (secondary N) is 1. The standard InChI is InChI=1S/C19H21ClN2O3S/c1-11-4-7-13(20)10-15(11)22-18(23)17-16(19(17,2)3)12-5-8-14(9-6-12)26(21,24)25/h4-10,16-17H,1-3H3,(H,22,23)(H2,21,24,25). The molecule has 0 spiro atoms. The normalized spacial score (nSPS) is 21.3. The molecular formula is C19H21ClN2O3S. The van der Waals surface area contributed by atoms with Crippen molar-refractivity contribution in [1.82, 2.24) is 0 Å². The molecule has 1 fully saturated rings. The molecule has 1 amide bonds. The first-order valence-corrected chi connectivity index (χ1v) is 10.1. The number of nitrogens with two attached hydrogens (primary N) is 1. The van der Waals surface area contributed by atoms with Crippen LogP contribution >= 0.6 is 11.6 Å². The van der Waals surface area contributed by atoms with Gasteiger partial charge in [-0.15, -0.1) is 0 Å². The van der Waals surface area contributed by atoms with E-state index in [1.807, 2.05) is 26.8 Å². The molecule has 2 aromatic carbocycles. The summed E-state index contributed by atoms with van der Waals surface area (Å²) >= 11 is 6.02. The number of hydrogen-bond acceptors (Lipinski definition) is 3. The van der Waals surface area contributed by atoms with E-state index in [1.165, 1.54) is 12.1 Å². The molecule has 2 unspecified atom stereocenters. The van der Waals surface area contributed by atoms with Gasteiger partial charge in [0.2, 0.25) is 15.9 Å². The largest absolute Gasteiger partial charge is 0.326 e. The number of primary sulfonamides is 1. The summed E-state index contributed by atoms with van der Waals surface area (Å²) in [6, 6.07) is 11.8. The first-order valence-electron chi connectivity index (χ1n) is 8.21. The van der Waals surface area contributed by atoms with Gasteiger partial charge in [-0.3, -0.25) is 4.79 Å². The van der Waals surface area contributed by atoms with Crippen molar-refractivity contribution < 1.29 is 13.2 Å². The van der Waals surface area contributed by atoms with Crippen LogP contribution in [0.1, 0.15) is 30.9 Å². The van der Waals surface area contributed by atoms with Crippen LogP contribution in [-0.4, -0.2) is 14.3 Å². The van der Waals surface area contributed by atoms with Crippen LogP contribution in [0.25, 0.3) is 0 Å². The fraction of sp³-hybridized carbons (Fsp3) is 0.316. The third kappa shape index (κ3) is 3.49. The van der Waals surface area contributed by atoms with Gasteiger partial charge in [0, 0.05) is 16.6 Å². The zero-order chi connectivity index (χ0) is 19.3. The lowest BCUT2D eigenvalue weighted by Gasteiger charge is -2.09. The first-order chi connectivity index (χ1) is 12.0. The van der Waals surface area contributed by atoms with Crippen molar-refractivity contribution in [2.45, 2.75) is 31.6 Å². The molecule has 26 heavy (non-hydrogen) atoms. The Kier molecular flexibility index (Phi) is 4.63. The Balaban J connectivity index is 1.81. The van der Waals surface area contributed by atoms with Gasteiger partial charge in [0.1, 0.15) is 0 Å². The predicted molar refractivity (Wildman–Crippen MR) is 103 cm³/mol. The van der Waals surface area contributed by atoms with Crippen molar-refractivity contribution in [1.29, 1.82) is 0 Å². The molecule has 0 aliphatic heterocycles. The number of rotatable bonds is 4. The van der Waals surface area contributed by atoms with E-state index in [4.69, 9.17) is 16.7 Å². The molecule has 3 rings (SSSR count). The molecule has 138 valence electrons. The maximum absolute atomic E-state index is 12.8. The molecule has 1 saturated carbocycles. The quantitative estimate of drug-likeness (QED) is 0.831. The number of hydrogen-bond donors (Lipinski definition) is 2. The highest BCUT2D eigenvalue weighted by Gasteiger charge is 2.62. The summed E-state index contributed by atoms with van der Waals surface area (Å²) in [5.41, 5.74) is 2.34. The molecule has 0 heterocycles. The Morgan fingerprint density at radius 3 is 2.35 bits per heavy atom. The second-order valence-electron chi connectivity index (χ2n) is 7.34. The monoisotopic (exact) mass is 392 g/mol. The van der Waals surface area contributed by atoms with Gasteiger partial charge in [-0.1, -0.05) is 43.6 Å². The van der Waals surface area contributed by atoms with Gasteiger partial charge in [0.05, 0.1) is 10.8 Å². The number of benzene rings is 2. The minimum atomic E-state index is -3.72. The zero-order valence-electron chi connectivity index (χ0n) is 14.8. The Morgan fingerprint density at radius 2 is 1.77 bits per heavy atom. The van der Waals surface area contributed by atoms with E-state index < -0.39 is 10.0 Å². The second-order valence-corrected chi connectivity index (χ2v) is 9.34. The van der Waals surface area contributed by atoms with Crippen molar-refractivity contribution in [3.63, 3.8) is 0 Å². The van der Waals surface area contributed by atoms with Gasteiger partial charge < -0.3 is 5.32 Å². The number of sulfonamides is 1. The van der Waals surface area contributed by atoms with Crippen molar-refractivity contribution >= 4 is 33.2 Å². The van der Waals surface area contributed by atoms with Crippen molar-refractivity contribution in [2.24, 2.45) is 16.5 Å². The topological polar surface area (TPSA) is 89.3 Å². The lowest BCUT2D eigenvalue weighted by Crippen LogP contribution is -2.17. The molecule has 0 aromatic heterocycles. The smallest absolute Gasteiger partial charge is 0.238 e. The molecule has 7 heteroatoms. The summed E-state index contributed by atoms with van der Waals surface area (Å²) in [5.74, 6) is -0.265. The molecule has 5 nitrogen and oxygen atoms in total. The number of amides is 1. The van der Waals surface area contributed by atoms with Gasteiger partial charge in [0.15, 0.2) is 0 Å². The fourth-order valence-electron chi connectivity index (χ4n) is 3.55. The molecule has 2 aromatic rings. The number of carbonyl (C=O) groups excluding carboxylic acids is 1. The minimum Gasteiger partial charge on any atom is -0.326 e. The second kappa shape index (κ2) is 6.37. The average molecular weight is 393 g/mol. The van der Waals surface area contributed by atoms with E-state index in [-0.39, 0.29) is 28.1 Å². The van der Waals surface area contributed by atoms with E-state index >= 15 is 0 Å². The van der Waals surface area contributed by atoms with Crippen LogP contribution in [0.4, 0.5) is 5.69 Å². The van der Waals surface area contributed by atoms with Gasteiger partial charge in [-0.05, 0) is 47.7 Å². The number of anilines is 1. The number of halogens is 1. The molecule has 0 saturated heterocycles. The van der Waals surface area contributed by atoms with Crippen molar-refractivity contribution in [3.8, 4) is 0 Å². The van der Waals surface area contributed by atoms with Gasteiger partial charge in [-0.25, -0.2) is 13.6 Å². The molecule has 0 radical (unpaired) electrons. The summed E-state index contributed by atoms with van der Waals surface area (Å²) < 4.78 is 22.8. The number of aryl methyl sites for hydroxylation is 1. The maximum atomic E-state index is 12.8.